The second kappa shape index (κ2) is 7.27. The number of hydrogen-bond acceptors (Lipinski definition) is 4. The highest BCUT2D eigenvalue weighted by Crippen LogP contribution is 2.20. The number of aromatic nitrogens is 2. The van der Waals surface area contributed by atoms with Gasteiger partial charge in [0, 0.05) is 23.6 Å². The van der Waals surface area contributed by atoms with Gasteiger partial charge in [-0.15, -0.1) is 0 Å². The first-order valence-electron chi connectivity index (χ1n) is 7.08. The molecule has 0 aliphatic heterocycles. The molecule has 0 aliphatic rings. The standard InChI is InChI=1S/C16H20ClN3O/c1-4-18-14-9-15(20-16(19-14)11(2)3)21-10-12-6-5-7-13(17)8-12/h5-9,11H,4,10H2,1-3H3,(H,18,19,20). The Morgan fingerprint density at radius 2 is 2.05 bits per heavy atom. The van der Waals surface area contributed by atoms with Crippen LogP contribution in [0.5, 0.6) is 5.88 Å². The van der Waals surface area contributed by atoms with Crippen molar-refractivity contribution in [3.63, 3.8) is 0 Å². The van der Waals surface area contributed by atoms with Gasteiger partial charge >= 0.3 is 0 Å². The van der Waals surface area contributed by atoms with Gasteiger partial charge in [-0.05, 0) is 24.6 Å². The number of anilines is 1. The Morgan fingerprint density at radius 1 is 1.24 bits per heavy atom. The van der Waals surface area contributed by atoms with Gasteiger partial charge in [0.05, 0.1) is 0 Å². The molecule has 2 aromatic rings. The van der Waals surface area contributed by atoms with Crippen LogP contribution >= 0.6 is 11.6 Å². The second-order valence-corrected chi connectivity index (χ2v) is 5.49. The van der Waals surface area contributed by atoms with Gasteiger partial charge in [0.15, 0.2) is 0 Å². The summed E-state index contributed by atoms with van der Waals surface area (Å²) < 4.78 is 5.78. The van der Waals surface area contributed by atoms with Crippen LogP contribution in [0.15, 0.2) is 30.3 Å². The van der Waals surface area contributed by atoms with Crippen LogP contribution in [0.3, 0.4) is 0 Å². The fraction of sp³-hybridized carbons (Fsp3) is 0.375. The molecule has 0 bridgehead atoms. The number of halogens is 1. The third-order valence-corrected chi connectivity index (χ3v) is 3.11. The normalized spacial score (nSPS) is 10.7. The van der Waals surface area contributed by atoms with E-state index in [9.17, 15) is 0 Å². The summed E-state index contributed by atoms with van der Waals surface area (Å²) in [5.74, 6) is 2.38. The summed E-state index contributed by atoms with van der Waals surface area (Å²) in [5, 5.41) is 3.90. The maximum atomic E-state index is 5.97. The highest BCUT2D eigenvalue weighted by atomic mass is 35.5. The second-order valence-electron chi connectivity index (χ2n) is 5.05. The Morgan fingerprint density at radius 3 is 2.71 bits per heavy atom. The topological polar surface area (TPSA) is 47.0 Å². The van der Waals surface area contributed by atoms with Crippen molar-refractivity contribution in [2.75, 3.05) is 11.9 Å². The molecule has 112 valence electrons. The lowest BCUT2D eigenvalue weighted by Gasteiger charge is -2.12. The van der Waals surface area contributed by atoms with Crippen molar-refractivity contribution < 1.29 is 4.74 Å². The van der Waals surface area contributed by atoms with Crippen LogP contribution in [0.25, 0.3) is 0 Å². The summed E-state index contributed by atoms with van der Waals surface area (Å²) in [6.07, 6.45) is 0. The van der Waals surface area contributed by atoms with Crippen molar-refractivity contribution in [1.82, 2.24) is 9.97 Å². The summed E-state index contributed by atoms with van der Waals surface area (Å²) in [6.45, 7) is 7.39. The molecule has 0 aliphatic carbocycles. The van der Waals surface area contributed by atoms with Crippen molar-refractivity contribution in [2.45, 2.75) is 33.3 Å². The third kappa shape index (κ3) is 4.60. The van der Waals surface area contributed by atoms with Crippen molar-refractivity contribution >= 4 is 17.4 Å². The minimum Gasteiger partial charge on any atom is -0.473 e. The zero-order chi connectivity index (χ0) is 15.2. The molecule has 2 rings (SSSR count). The number of benzene rings is 1. The molecule has 0 saturated carbocycles. The molecule has 0 saturated heterocycles. The van der Waals surface area contributed by atoms with Crippen LogP contribution in [0, 0.1) is 0 Å². The summed E-state index contributed by atoms with van der Waals surface area (Å²) in [6, 6.07) is 9.43. The van der Waals surface area contributed by atoms with E-state index >= 15 is 0 Å². The molecule has 1 heterocycles. The zero-order valence-corrected chi connectivity index (χ0v) is 13.3. The fourth-order valence-corrected chi connectivity index (χ4v) is 2.04. The monoisotopic (exact) mass is 305 g/mol. The molecule has 0 radical (unpaired) electrons. The van der Waals surface area contributed by atoms with Crippen LogP contribution in [0.2, 0.25) is 5.02 Å². The first-order valence-corrected chi connectivity index (χ1v) is 7.46. The molecule has 0 fully saturated rings. The minimum atomic E-state index is 0.247. The first-order chi connectivity index (χ1) is 10.1. The van der Waals surface area contributed by atoms with E-state index in [0.29, 0.717) is 17.5 Å². The quantitative estimate of drug-likeness (QED) is 0.866. The van der Waals surface area contributed by atoms with Crippen LogP contribution in [-0.2, 0) is 6.61 Å². The van der Waals surface area contributed by atoms with E-state index in [1.54, 1.807) is 0 Å². The van der Waals surface area contributed by atoms with E-state index in [2.05, 4.69) is 29.1 Å². The van der Waals surface area contributed by atoms with Gasteiger partial charge in [-0.25, -0.2) is 4.98 Å². The molecular formula is C16H20ClN3O. The van der Waals surface area contributed by atoms with Gasteiger partial charge in [-0.1, -0.05) is 37.6 Å². The zero-order valence-electron chi connectivity index (χ0n) is 12.6. The molecular weight excluding hydrogens is 286 g/mol. The average Bonchev–Trinajstić information content (AvgIpc) is 2.45. The summed E-state index contributed by atoms with van der Waals surface area (Å²) in [4.78, 5) is 8.91. The summed E-state index contributed by atoms with van der Waals surface area (Å²) in [5.41, 5.74) is 1.01. The molecule has 1 aromatic heterocycles. The highest BCUT2D eigenvalue weighted by molar-refractivity contribution is 6.30. The van der Waals surface area contributed by atoms with Gasteiger partial charge in [-0.2, -0.15) is 4.98 Å². The molecule has 1 N–H and O–H groups in total. The fourth-order valence-electron chi connectivity index (χ4n) is 1.83. The molecule has 0 atom stereocenters. The van der Waals surface area contributed by atoms with Crippen LogP contribution < -0.4 is 10.1 Å². The van der Waals surface area contributed by atoms with E-state index in [1.807, 2.05) is 37.3 Å². The van der Waals surface area contributed by atoms with E-state index in [0.717, 1.165) is 23.8 Å². The van der Waals surface area contributed by atoms with E-state index in [4.69, 9.17) is 16.3 Å². The van der Waals surface area contributed by atoms with Gasteiger partial charge < -0.3 is 10.1 Å². The number of hydrogen-bond donors (Lipinski definition) is 1. The lowest BCUT2D eigenvalue weighted by molar-refractivity contribution is 0.292. The Labute approximate surface area is 130 Å². The van der Waals surface area contributed by atoms with E-state index in [1.165, 1.54) is 0 Å². The largest absolute Gasteiger partial charge is 0.473 e. The molecule has 1 aromatic carbocycles. The maximum Gasteiger partial charge on any atom is 0.219 e. The predicted octanol–water partition coefficient (Wildman–Crippen LogP) is 4.26. The number of nitrogens with zero attached hydrogens (tertiary/aromatic N) is 2. The Balaban J connectivity index is 2.14. The summed E-state index contributed by atoms with van der Waals surface area (Å²) in [7, 11) is 0. The predicted molar refractivity (Wildman–Crippen MR) is 86.1 cm³/mol. The van der Waals surface area contributed by atoms with Gasteiger partial charge in [0.1, 0.15) is 18.2 Å². The van der Waals surface area contributed by atoms with Gasteiger partial charge in [-0.3, -0.25) is 0 Å². The van der Waals surface area contributed by atoms with Gasteiger partial charge in [0.25, 0.3) is 0 Å². The minimum absolute atomic E-state index is 0.247. The van der Waals surface area contributed by atoms with Crippen LogP contribution in [0.4, 0.5) is 5.82 Å². The Kier molecular flexibility index (Phi) is 5.39. The number of nitrogens with one attached hydrogen (secondary N) is 1. The molecule has 0 unspecified atom stereocenters. The maximum absolute atomic E-state index is 5.97. The lowest BCUT2D eigenvalue weighted by Crippen LogP contribution is -2.07. The lowest BCUT2D eigenvalue weighted by atomic mass is 10.2. The summed E-state index contributed by atoms with van der Waals surface area (Å²) >= 11 is 5.97. The van der Waals surface area contributed by atoms with Crippen LogP contribution in [-0.4, -0.2) is 16.5 Å². The smallest absolute Gasteiger partial charge is 0.219 e. The molecule has 4 nitrogen and oxygen atoms in total. The SMILES string of the molecule is CCNc1cc(OCc2cccc(Cl)c2)nc(C(C)C)n1. The Bertz CT molecular complexity index is 602. The number of ether oxygens (including phenoxy) is 1. The molecule has 0 amide bonds. The Hall–Kier alpha value is -1.81. The molecule has 5 heteroatoms. The molecule has 21 heavy (non-hydrogen) atoms. The highest BCUT2D eigenvalue weighted by Gasteiger charge is 2.09. The van der Waals surface area contributed by atoms with Crippen LogP contribution in [0.1, 0.15) is 38.1 Å². The average molecular weight is 306 g/mol. The number of rotatable bonds is 6. The molecule has 0 spiro atoms. The van der Waals surface area contributed by atoms with Crippen molar-refractivity contribution in [1.29, 1.82) is 0 Å². The first kappa shape index (κ1) is 15.6. The van der Waals surface area contributed by atoms with Gasteiger partial charge in [0.2, 0.25) is 5.88 Å². The van der Waals surface area contributed by atoms with E-state index < -0.39 is 0 Å². The van der Waals surface area contributed by atoms with Crippen molar-refractivity contribution in [3.8, 4) is 5.88 Å². The third-order valence-electron chi connectivity index (χ3n) is 2.87. The van der Waals surface area contributed by atoms with Crippen molar-refractivity contribution in [3.05, 3.63) is 46.7 Å². The van der Waals surface area contributed by atoms with E-state index in [-0.39, 0.29) is 5.92 Å². The van der Waals surface area contributed by atoms with Crippen molar-refractivity contribution in [2.24, 2.45) is 0 Å².